The standard InChI is InChI=1S/C15H17N3O/c1-15(2,3)8-13(19)10(9-16)14-17-11-6-4-5-7-12(11)18-14/h4-7,19H,8H2,1-3H3,(H,17,18). The monoisotopic (exact) mass is 255 g/mol. The molecule has 1 aromatic heterocycles. The van der Waals surface area contributed by atoms with Crippen LogP contribution in [0.2, 0.25) is 0 Å². The van der Waals surface area contributed by atoms with Crippen LogP contribution in [0, 0.1) is 16.7 Å². The number of H-pyrrole nitrogens is 1. The van der Waals surface area contributed by atoms with E-state index in [0.717, 1.165) is 11.0 Å². The minimum atomic E-state index is -0.0851. The highest BCUT2D eigenvalue weighted by atomic mass is 16.3. The maximum atomic E-state index is 10.1. The van der Waals surface area contributed by atoms with Gasteiger partial charge in [0.25, 0.3) is 0 Å². The largest absolute Gasteiger partial charge is 0.511 e. The van der Waals surface area contributed by atoms with Crippen LogP contribution in [0.25, 0.3) is 16.6 Å². The van der Waals surface area contributed by atoms with Crippen molar-refractivity contribution >= 4 is 16.6 Å². The van der Waals surface area contributed by atoms with Crippen LogP contribution in [0.15, 0.2) is 30.0 Å². The number of aliphatic hydroxyl groups excluding tert-OH is 1. The van der Waals surface area contributed by atoms with Crippen LogP contribution in [0.4, 0.5) is 0 Å². The van der Waals surface area contributed by atoms with Crippen LogP contribution in [-0.4, -0.2) is 15.1 Å². The summed E-state index contributed by atoms with van der Waals surface area (Å²) in [6.07, 6.45) is 0.437. The van der Waals surface area contributed by atoms with Gasteiger partial charge in [0.05, 0.1) is 11.0 Å². The molecule has 2 rings (SSSR count). The third-order valence-corrected chi connectivity index (χ3v) is 2.72. The van der Waals surface area contributed by atoms with Crippen LogP contribution in [0.3, 0.4) is 0 Å². The van der Waals surface area contributed by atoms with Crippen molar-refractivity contribution in [2.45, 2.75) is 27.2 Å². The number of allylic oxidation sites excluding steroid dienone is 2. The first kappa shape index (κ1) is 13.2. The van der Waals surface area contributed by atoms with Gasteiger partial charge >= 0.3 is 0 Å². The van der Waals surface area contributed by atoms with Gasteiger partial charge in [0.15, 0.2) is 5.82 Å². The number of aromatic nitrogens is 2. The Morgan fingerprint density at radius 1 is 1.37 bits per heavy atom. The predicted molar refractivity (Wildman–Crippen MR) is 75.3 cm³/mol. The second-order valence-corrected chi connectivity index (χ2v) is 5.77. The molecule has 4 heteroatoms. The first-order valence-electron chi connectivity index (χ1n) is 6.18. The molecule has 19 heavy (non-hydrogen) atoms. The molecule has 1 aromatic carbocycles. The minimum Gasteiger partial charge on any atom is -0.511 e. The summed E-state index contributed by atoms with van der Waals surface area (Å²) in [4.78, 5) is 7.40. The van der Waals surface area contributed by atoms with Crippen LogP contribution < -0.4 is 0 Å². The van der Waals surface area contributed by atoms with Gasteiger partial charge in [0, 0.05) is 6.42 Å². The van der Waals surface area contributed by atoms with E-state index in [4.69, 9.17) is 0 Å². The third kappa shape index (κ3) is 2.94. The van der Waals surface area contributed by atoms with E-state index in [9.17, 15) is 10.4 Å². The lowest BCUT2D eigenvalue weighted by Crippen LogP contribution is -2.07. The average molecular weight is 255 g/mol. The van der Waals surface area contributed by atoms with Crippen LogP contribution in [-0.2, 0) is 0 Å². The summed E-state index contributed by atoms with van der Waals surface area (Å²) in [5, 5.41) is 19.4. The molecule has 0 bridgehead atoms. The van der Waals surface area contributed by atoms with Gasteiger partial charge in [-0.25, -0.2) is 4.98 Å². The number of rotatable bonds is 2. The summed E-state index contributed by atoms with van der Waals surface area (Å²) in [7, 11) is 0. The predicted octanol–water partition coefficient (Wildman–Crippen LogP) is 3.79. The molecule has 0 amide bonds. The molecule has 0 fully saturated rings. The molecular weight excluding hydrogens is 238 g/mol. The number of hydrogen-bond donors (Lipinski definition) is 2. The van der Waals surface area contributed by atoms with Crippen molar-refractivity contribution < 1.29 is 5.11 Å². The Morgan fingerprint density at radius 3 is 2.63 bits per heavy atom. The number of imidazole rings is 1. The van der Waals surface area contributed by atoms with Crippen LogP contribution >= 0.6 is 0 Å². The second kappa shape index (κ2) is 4.77. The Bertz CT molecular complexity index is 635. The first-order valence-corrected chi connectivity index (χ1v) is 6.18. The maximum Gasteiger partial charge on any atom is 0.152 e. The van der Waals surface area contributed by atoms with Crippen molar-refractivity contribution in [2.24, 2.45) is 5.41 Å². The zero-order valence-corrected chi connectivity index (χ0v) is 11.4. The van der Waals surface area contributed by atoms with E-state index < -0.39 is 0 Å². The number of nitrogens with zero attached hydrogens (tertiary/aromatic N) is 2. The van der Waals surface area contributed by atoms with Crippen molar-refractivity contribution in [1.82, 2.24) is 9.97 Å². The van der Waals surface area contributed by atoms with Crippen molar-refractivity contribution in [2.75, 3.05) is 0 Å². The first-order chi connectivity index (χ1) is 8.90. The second-order valence-electron chi connectivity index (χ2n) is 5.77. The van der Waals surface area contributed by atoms with Crippen molar-refractivity contribution in [1.29, 1.82) is 5.26 Å². The SMILES string of the molecule is CC(C)(C)CC(O)=C(C#N)c1nc2ccccc2[nH]1. The van der Waals surface area contributed by atoms with E-state index >= 15 is 0 Å². The molecule has 0 saturated carbocycles. The Balaban J connectivity index is 2.47. The van der Waals surface area contributed by atoms with Gasteiger partial charge < -0.3 is 10.1 Å². The summed E-state index contributed by atoms with van der Waals surface area (Å²) in [5.74, 6) is 0.500. The number of aromatic amines is 1. The van der Waals surface area contributed by atoms with E-state index in [-0.39, 0.29) is 16.7 Å². The van der Waals surface area contributed by atoms with Crippen LogP contribution in [0.1, 0.15) is 33.0 Å². The van der Waals surface area contributed by atoms with E-state index in [1.54, 1.807) is 0 Å². The summed E-state index contributed by atoms with van der Waals surface area (Å²) in [6, 6.07) is 9.58. The van der Waals surface area contributed by atoms with Gasteiger partial charge in [-0.1, -0.05) is 32.9 Å². The molecule has 0 saturated heterocycles. The van der Waals surface area contributed by atoms with Crippen molar-refractivity contribution in [3.63, 3.8) is 0 Å². The fourth-order valence-corrected chi connectivity index (χ4v) is 1.92. The smallest absolute Gasteiger partial charge is 0.152 e. The number of nitriles is 1. The van der Waals surface area contributed by atoms with Crippen molar-refractivity contribution in [3.8, 4) is 6.07 Å². The van der Waals surface area contributed by atoms with E-state index in [1.807, 2.05) is 51.1 Å². The molecule has 2 aromatic rings. The molecule has 0 unspecified atom stereocenters. The summed E-state index contributed by atoms with van der Waals surface area (Å²) in [6.45, 7) is 6.03. The van der Waals surface area contributed by atoms with E-state index in [0.29, 0.717) is 12.2 Å². The molecule has 0 aliphatic heterocycles. The topological polar surface area (TPSA) is 72.7 Å². The highest BCUT2D eigenvalue weighted by molar-refractivity contribution is 5.82. The number of hydrogen-bond acceptors (Lipinski definition) is 3. The van der Waals surface area contributed by atoms with Crippen LogP contribution in [0.5, 0.6) is 0 Å². The molecule has 4 nitrogen and oxygen atoms in total. The molecule has 1 heterocycles. The Kier molecular flexibility index (Phi) is 3.30. The Morgan fingerprint density at radius 2 is 2.05 bits per heavy atom. The molecule has 98 valence electrons. The number of nitrogens with one attached hydrogen (secondary N) is 1. The molecule has 0 spiro atoms. The summed E-state index contributed by atoms with van der Waals surface area (Å²) >= 11 is 0. The molecule has 0 aliphatic carbocycles. The number of benzene rings is 1. The molecule has 0 atom stereocenters. The van der Waals surface area contributed by atoms with E-state index in [1.165, 1.54) is 0 Å². The number of para-hydroxylation sites is 2. The lowest BCUT2D eigenvalue weighted by molar-refractivity contribution is 0.307. The normalized spacial score (nSPS) is 13.2. The molecular formula is C15H17N3O. The van der Waals surface area contributed by atoms with Gasteiger partial charge in [-0.2, -0.15) is 5.26 Å². The number of fused-ring (bicyclic) bond motifs is 1. The molecule has 0 radical (unpaired) electrons. The Hall–Kier alpha value is -2.28. The molecule has 2 N–H and O–H groups in total. The third-order valence-electron chi connectivity index (χ3n) is 2.72. The van der Waals surface area contributed by atoms with Gasteiger partial charge in [0.1, 0.15) is 17.4 Å². The van der Waals surface area contributed by atoms with Gasteiger partial charge in [-0.15, -0.1) is 0 Å². The quantitative estimate of drug-likeness (QED) is 0.633. The average Bonchev–Trinajstić information content (AvgIpc) is 2.70. The fourth-order valence-electron chi connectivity index (χ4n) is 1.92. The Labute approximate surface area is 112 Å². The summed E-state index contributed by atoms with van der Waals surface area (Å²) in [5.41, 5.74) is 1.77. The minimum absolute atomic E-state index is 0.0778. The summed E-state index contributed by atoms with van der Waals surface area (Å²) < 4.78 is 0. The maximum absolute atomic E-state index is 10.1. The van der Waals surface area contributed by atoms with Gasteiger partial charge in [0.2, 0.25) is 0 Å². The lowest BCUT2D eigenvalue weighted by atomic mass is 9.90. The molecule has 0 aliphatic rings. The zero-order valence-electron chi connectivity index (χ0n) is 11.4. The van der Waals surface area contributed by atoms with Crippen molar-refractivity contribution in [3.05, 3.63) is 35.8 Å². The fraction of sp³-hybridized carbons (Fsp3) is 0.333. The zero-order chi connectivity index (χ0) is 14.0. The lowest BCUT2D eigenvalue weighted by Gasteiger charge is -2.17. The van der Waals surface area contributed by atoms with Gasteiger partial charge in [-0.05, 0) is 17.5 Å². The number of aliphatic hydroxyl groups is 1. The highest BCUT2D eigenvalue weighted by Gasteiger charge is 2.18. The van der Waals surface area contributed by atoms with Gasteiger partial charge in [-0.3, -0.25) is 0 Å². The van der Waals surface area contributed by atoms with E-state index in [2.05, 4.69) is 9.97 Å². The highest BCUT2D eigenvalue weighted by Crippen LogP contribution is 2.27.